The Bertz CT molecular complexity index is 805. The highest BCUT2D eigenvalue weighted by Crippen LogP contribution is 2.28. The first kappa shape index (κ1) is 15.5. The zero-order valence-corrected chi connectivity index (χ0v) is 13.8. The fourth-order valence-corrected chi connectivity index (χ4v) is 2.70. The Morgan fingerprint density at radius 3 is 2.35 bits per heavy atom. The summed E-state index contributed by atoms with van der Waals surface area (Å²) >= 11 is 6.40. The van der Waals surface area contributed by atoms with Crippen molar-refractivity contribution in [1.29, 1.82) is 0 Å². The van der Waals surface area contributed by atoms with E-state index in [4.69, 9.17) is 11.6 Å². The number of halogens is 1. The average molecular weight is 320 g/mol. The van der Waals surface area contributed by atoms with E-state index < -0.39 is 0 Å². The lowest BCUT2D eigenvalue weighted by Crippen LogP contribution is -1.91. The second-order valence-electron chi connectivity index (χ2n) is 5.52. The molecule has 0 aromatic heterocycles. The van der Waals surface area contributed by atoms with E-state index in [1.165, 1.54) is 11.1 Å². The van der Waals surface area contributed by atoms with Crippen molar-refractivity contribution in [2.75, 3.05) is 0 Å². The summed E-state index contributed by atoms with van der Waals surface area (Å²) in [6.45, 7) is 2.74. The number of aryl methyl sites for hydroxylation is 1. The normalized spacial score (nSPS) is 11.0. The maximum absolute atomic E-state index is 6.40. The van der Waals surface area contributed by atoms with Crippen molar-refractivity contribution in [3.63, 3.8) is 0 Å². The molecule has 3 rings (SSSR count). The molecule has 0 aliphatic carbocycles. The molecule has 0 atom stereocenters. The molecule has 0 fully saturated rings. The summed E-state index contributed by atoms with van der Waals surface area (Å²) in [6, 6.07) is 24.6. The lowest BCUT2D eigenvalue weighted by molar-refractivity contribution is 1.08. The van der Waals surface area contributed by atoms with Crippen molar-refractivity contribution in [2.45, 2.75) is 13.5 Å². The van der Waals surface area contributed by atoms with Crippen LogP contribution in [0.5, 0.6) is 0 Å². The molecule has 2 heteroatoms. The van der Waals surface area contributed by atoms with Gasteiger partial charge in [0.2, 0.25) is 0 Å². The van der Waals surface area contributed by atoms with Crippen LogP contribution >= 0.6 is 11.6 Å². The van der Waals surface area contributed by atoms with Gasteiger partial charge < -0.3 is 0 Å². The van der Waals surface area contributed by atoms with Crippen LogP contribution in [-0.2, 0) is 6.54 Å². The number of benzene rings is 3. The van der Waals surface area contributed by atoms with Gasteiger partial charge in [0.25, 0.3) is 0 Å². The van der Waals surface area contributed by atoms with E-state index in [1.807, 2.05) is 36.5 Å². The molecule has 0 bridgehead atoms. The van der Waals surface area contributed by atoms with Gasteiger partial charge in [-0.1, -0.05) is 83.9 Å². The van der Waals surface area contributed by atoms with Crippen LogP contribution in [0.2, 0.25) is 5.02 Å². The first-order valence-electron chi connectivity index (χ1n) is 7.63. The van der Waals surface area contributed by atoms with Crippen LogP contribution in [0.25, 0.3) is 11.1 Å². The molecule has 0 aliphatic heterocycles. The smallest absolute Gasteiger partial charge is 0.0639 e. The third-order valence-electron chi connectivity index (χ3n) is 3.75. The molecule has 0 N–H and O–H groups in total. The molecule has 3 aromatic carbocycles. The summed E-state index contributed by atoms with van der Waals surface area (Å²) in [7, 11) is 0. The summed E-state index contributed by atoms with van der Waals surface area (Å²) in [5, 5.41) is 0.722. The van der Waals surface area contributed by atoms with E-state index >= 15 is 0 Å². The van der Waals surface area contributed by atoms with Crippen LogP contribution in [-0.4, -0.2) is 6.21 Å². The zero-order chi connectivity index (χ0) is 16.1. The summed E-state index contributed by atoms with van der Waals surface area (Å²) in [4.78, 5) is 4.57. The first-order chi connectivity index (χ1) is 11.2. The molecule has 1 nitrogen and oxygen atoms in total. The second kappa shape index (κ2) is 7.26. The third-order valence-corrected chi connectivity index (χ3v) is 4.08. The number of hydrogen-bond acceptors (Lipinski definition) is 1. The van der Waals surface area contributed by atoms with Gasteiger partial charge in [-0.15, -0.1) is 0 Å². The zero-order valence-electron chi connectivity index (χ0n) is 13.0. The van der Waals surface area contributed by atoms with Crippen molar-refractivity contribution in [2.24, 2.45) is 4.99 Å². The van der Waals surface area contributed by atoms with Gasteiger partial charge in [0.15, 0.2) is 0 Å². The molecule has 0 radical (unpaired) electrons. The molecule has 0 amide bonds. The summed E-state index contributed by atoms with van der Waals surface area (Å²) in [5.41, 5.74) is 5.66. The highest BCUT2D eigenvalue weighted by Gasteiger charge is 2.07. The number of hydrogen-bond donors (Lipinski definition) is 0. The molecule has 0 aliphatic rings. The van der Waals surface area contributed by atoms with E-state index in [2.05, 4.69) is 54.4 Å². The van der Waals surface area contributed by atoms with E-state index in [1.54, 1.807) is 0 Å². The quantitative estimate of drug-likeness (QED) is 0.528. The monoisotopic (exact) mass is 319 g/mol. The van der Waals surface area contributed by atoms with Crippen molar-refractivity contribution >= 4 is 17.8 Å². The van der Waals surface area contributed by atoms with Crippen LogP contribution in [0.15, 0.2) is 77.8 Å². The highest BCUT2D eigenvalue weighted by atomic mass is 35.5. The molecule has 23 heavy (non-hydrogen) atoms. The molecular formula is C21H18ClN. The molecule has 0 heterocycles. The minimum atomic E-state index is 0.652. The molecule has 0 saturated heterocycles. The van der Waals surface area contributed by atoms with Gasteiger partial charge in [0.05, 0.1) is 6.54 Å². The van der Waals surface area contributed by atoms with Gasteiger partial charge in [-0.25, -0.2) is 0 Å². The van der Waals surface area contributed by atoms with E-state index in [9.17, 15) is 0 Å². The van der Waals surface area contributed by atoms with E-state index in [0.29, 0.717) is 6.54 Å². The Kier molecular flexibility index (Phi) is 4.89. The summed E-state index contributed by atoms with van der Waals surface area (Å²) < 4.78 is 0. The van der Waals surface area contributed by atoms with Gasteiger partial charge in [0.1, 0.15) is 0 Å². The predicted octanol–water partition coefficient (Wildman–Crippen LogP) is 5.93. The maximum atomic E-state index is 6.40. The van der Waals surface area contributed by atoms with Crippen LogP contribution in [0.1, 0.15) is 16.7 Å². The Labute approximate surface area is 142 Å². The number of aliphatic imine (C=N–C) groups is 1. The van der Waals surface area contributed by atoms with Crippen molar-refractivity contribution in [3.05, 3.63) is 94.5 Å². The lowest BCUT2D eigenvalue weighted by Gasteiger charge is -2.08. The second-order valence-corrected chi connectivity index (χ2v) is 5.93. The average Bonchev–Trinajstić information content (AvgIpc) is 2.58. The molecule has 0 saturated carbocycles. The standard InChI is InChI=1S/C21H18ClN/c1-16-10-12-18(13-11-16)19-8-5-9-21(22)20(19)15-23-14-17-6-3-2-4-7-17/h2-13,15H,14H2,1H3. The van der Waals surface area contributed by atoms with E-state index in [-0.39, 0.29) is 0 Å². The number of nitrogens with zero attached hydrogens (tertiary/aromatic N) is 1. The van der Waals surface area contributed by atoms with Crippen molar-refractivity contribution in [3.8, 4) is 11.1 Å². The first-order valence-corrected chi connectivity index (χ1v) is 8.01. The SMILES string of the molecule is Cc1ccc(-c2cccc(Cl)c2C=NCc2ccccc2)cc1. The van der Waals surface area contributed by atoms with Crippen molar-refractivity contribution < 1.29 is 0 Å². The molecule has 0 unspecified atom stereocenters. The third kappa shape index (κ3) is 3.88. The minimum absolute atomic E-state index is 0.652. The highest BCUT2D eigenvalue weighted by molar-refractivity contribution is 6.33. The topological polar surface area (TPSA) is 12.4 Å². The largest absolute Gasteiger partial charge is 0.288 e. The predicted molar refractivity (Wildman–Crippen MR) is 99.4 cm³/mol. The molecule has 0 spiro atoms. The maximum Gasteiger partial charge on any atom is 0.0639 e. The lowest BCUT2D eigenvalue weighted by atomic mass is 9.99. The van der Waals surface area contributed by atoms with Gasteiger partial charge in [-0.3, -0.25) is 4.99 Å². The Hall–Kier alpha value is -2.38. The van der Waals surface area contributed by atoms with E-state index in [0.717, 1.165) is 21.7 Å². The Balaban J connectivity index is 1.91. The molecular weight excluding hydrogens is 302 g/mol. The van der Waals surface area contributed by atoms with Crippen LogP contribution in [0.3, 0.4) is 0 Å². The van der Waals surface area contributed by atoms with Crippen LogP contribution in [0, 0.1) is 6.92 Å². The van der Waals surface area contributed by atoms with Crippen LogP contribution < -0.4 is 0 Å². The van der Waals surface area contributed by atoms with Crippen LogP contribution in [0.4, 0.5) is 0 Å². The summed E-state index contributed by atoms with van der Waals surface area (Å²) in [6.07, 6.45) is 1.88. The van der Waals surface area contributed by atoms with Crippen molar-refractivity contribution in [1.82, 2.24) is 0 Å². The molecule has 114 valence electrons. The Morgan fingerprint density at radius 1 is 0.870 bits per heavy atom. The molecule has 3 aromatic rings. The van der Waals surface area contributed by atoms with Gasteiger partial charge in [-0.05, 0) is 29.7 Å². The Morgan fingerprint density at radius 2 is 1.61 bits per heavy atom. The fourth-order valence-electron chi connectivity index (χ4n) is 2.48. The van der Waals surface area contributed by atoms with Gasteiger partial charge >= 0.3 is 0 Å². The number of rotatable bonds is 4. The fraction of sp³-hybridized carbons (Fsp3) is 0.0952. The van der Waals surface area contributed by atoms with Gasteiger partial charge in [-0.2, -0.15) is 0 Å². The van der Waals surface area contributed by atoms with Gasteiger partial charge in [0, 0.05) is 16.8 Å². The minimum Gasteiger partial charge on any atom is -0.288 e. The summed E-state index contributed by atoms with van der Waals surface area (Å²) in [5.74, 6) is 0.